The molecule has 0 saturated carbocycles. The van der Waals surface area contributed by atoms with Crippen molar-refractivity contribution in [1.82, 2.24) is 30.1 Å². The van der Waals surface area contributed by atoms with Crippen molar-refractivity contribution in [2.24, 2.45) is 0 Å². The Bertz CT molecular complexity index is 1140. The van der Waals surface area contributed by atoms with E-state index in [9.17, 15) is 0 Å². The Morgan fingerprint density at radius 1 is 1.23 bits per heavy atom. The molecule has 156 valence electrons. The molecule has 4 aromatic rings. The number of H-pyrrole nitrogens is 2. The molecule has 3 aromatic heterocycles. The van der Waals surface area contributed by atoms with Gasteiger partial charge in [0.1, 0.15) is 11.3 Å². The van der Waals surface area contributed by atoms with Gasteiger partial charge in [0, 0.05) is 44.6 Å². The molecule has 10 heteroatoms. The lowest BCUT2D eigenvalue weighted by Gasteiger charge is -2.18. The highest BCUT2D eigenvalue weighted by Gasteiger charge is 2.13. The van der Waals surface area contributed by atoms with E-state index in [1.807, 2.05) is 30.1 Å². The van der Waals surface area contributed by atoms with Crippen LogP contribution in [0.1, 0.15) is 24.1 Å². The Kier molecular flexibility index (Phi) is 5.82. The summed E-state index contributed by atoms with van der Waals surface area (Å²) in [4.78, 5) is 18.3. The first kappa shape index (κ1) is 20.1. The summed E-state index contributed by atoms with van der Waals surface area (Å²) >= 11 is 6.52. The monoisotopic (exact) mass is 426 g/mol. The number of anilines is 3. The number of aromatic amines is 2. The van der Waals surface area contributed by atoms with E-state index in [1.165, 1.54) is 0 Å². The lowest BCUT2D eigenvalue weighted by molar-refractivity contribution is 0.183. The molecule has 0 unspecified atom stereocenters. The summed E-state index contributed by atoms with van der Waals surface area (Å²) in [5, 5.41) is 11.2. The van der Waals surface area contributed by atoms with E-state index in [-0.39, 0.29) is 5.92 Å². The highest BCUT2D eigenvalue weighted by atomic mass is 35.5. The number of rotatable bonds is 8. The molecule has 0 aliphatic carbocycles. The molecule has 30 heavy (non-hydrogen) atoms. The second-order valence-electron chi connectivity index (χ2n) is 7.13. The summed E-state index contributed by atoms with van der Waals surface area (Å²) in [7, 11) is 3.61. The molecule has 0 aliphatic rings. The van der Waals surface area contributed by atoms with Crippen LogP contribution in [0.4, 0.5) is 17.6 Å². The molecule has 0 amide bonds. The SMILES string of the molecule is COC[C@@H](C)c1cc(Nc2ccnc(N(C)Cc3ccc4[nH]cnc4c3Cl)n2)n[nH]1. The summed E-state index contributed by atoms with van der Waals surface area (Å²) in [6.45, 7) is 3.24. The average molecular weight is 427 g/mol. The molecular formula is C20H23ClN8O. The normalized spacial score (nSPS) is 12.3. The van der Waals surface area contributed by atoms with Crippen molar-refractivity contribution in [3.8, 4) is 0 Å². The van der Waals surface area contributed by atoms with Gasteiger partial charge in [-0.1, -0.05) is 24.6 Å². The Hall–Kier alpha value is -3.17. The number of aromatic nitrogens is 6. The predicted molar refractivity (Wildman–Crippen MR) is 117 cm³/mol. The van der Waals surface area contributed by atoms with Gasteiger partial charge in [-0.25, -0.2) is 9.97 Å². The molecule has 1 atom stereocenters. The second kappa shape index (κ2) is 8.68. The molecule has 0 spiro atoms. The number of hydrogen-bond donors (Lipinski definition) is 3. The largest absolute Gasteiger partial charge is 0.384 e. The Balaban J connectivity index is 1.48. The molecule has 0 bridgehead atoms. The van der Waals surface area contributed by atoms with Crippen molar-refractivity contribution < 1.29 is 4.74 Å². The molecule has 9 nitrogen and oxygen atoms in total. The van der Waals surface area contributed by atoms with E-state index < -0.39 is 0 Å². The number of halogens is 1. The predicted octanol–water partition coefficient (Wildman–Crippen LogP) is 3.86. The molecule has 4 rings (SSSR count). The molecule has 3 heterocycles. The highest BCUT2D eigenvalue weighted by Crippen LogP contribution is 2.26. The average Bonchev–Trinajstić information content (AvgIpc) is 3.40. The van der Waals surface area contributed by atoms with Crippen LogP contribution in [0.25, 0.3) is 11.0 Å². The van der Waals surface area contributed by atoms with Crippen molar-refractivity contribution >= 4 is 40.2 Å². The molecule has 0 radical (unpaired) electrons. The number of imidazole rings is 1. The number of hydrogen-bond acceptors (Lipinski definition) is 7. The molecular weight excluding hydrogens is 404 g/mol. The van der Waals surface area contributed by atoms with Crippen LogP contribution in [-0.4, -0.2) is 50.9 Å². The molecule has 3 N–H and O–H groups in total. The minimum atomic E-state index is 0.224. The van der Waals surface area contributed by atoms with Gasteiger partial charge in [-0.05, 0) is 17.7 Å². The van der Waals surface area contributed by atoms with Crippen LogP contribution in [0, 0.1) is 0 Å². The van der Waals surface area contributed by atoms with Crippen LogP contribution in [0.15, 0.2) is 36.8 Å². The van der Waals surface area contributed by atoms with Gasteiger partial charge < -0.3 is 19.9 Å². The van der Waals surface area contributed by atoms with Crippen molar-refractivity contribution in [2.45, 2.75) is 19.4 Å². The first-order chi connectivity index (χ1) is 14.5. The van der Waals surface area contributed by atoms with Gasteiger partial charge in [0.25, 0.3) is 0 Å². The summed E-state index contributed by atoms with van der Waals surface area (Å²) in [6, 6.07) is 7.70. The first-order valence-electron chi connectivity index (χ1n) is 9.51. The van der Waals surface area contributed by atoms with Crippen molar-refractivity contribution in [3.63, 3.8) is 0 Å². The molecule has 0 aliphatic heterocycles. The maximum Gasteiger partial charge on any atom is 0.227 e. The van der Waals surface area contributed by atoms with E-state index in [1.54, 1.807) is 25.7 Å². The van der Waals surface area contributed by atoms with Crippen LogP contribution < -0.4 is 10.2 Å². The Labute approximate surface area is 178 Å². The van der Waals surface area contributed by atoms with Crippen LogP contribution >= 0.6 is 11.6 Å². The van der Waals surface area contributed by atoms with E-state index in [2.05, 4.69) is 42.4 Å². The van der Waals surface area contributed by atoms with E-state index >= 15 is 0 Å². The topological polar surface area (TPSA) is 108 Å². The third kappa shape index (κ3) is 4.22. The van der Waals surface area contributed by atoms with E-state index in [0.717, 1.165) is 22.3 Å². The van der Waals surface area contributed by atoms with Gasteiger partial charge in [-0.2, -0.15) is 10.1 Å². The van der Waals surface area contributed by atoms with Crippen molar-refractivity contribution in [2.75, 3.05) is 31.0 Å². The fraction of sp³-hybridized carbons (Fsp3) is 0.300. The lowest BCUT2D eigenvalue weighted by Crippen LogP contribution is -2.19. The zero-order valence-corrected chi connectivity index (χ0v) is 17.7. The van der Waals surface area contributed by atoms with Crippen molar-refractivity contribution in [3.05, 3.63) is 53.1 Å². The smallest absolute Gasteiger partial charge is 0.227 e. The quantitative estimate of drug-likeness (QED) is 0.392. The summed E-state index contributed by atoms with van der Waals surface area (Å²) in [6.07, 6.45) is 3.35. The number of nitrogens with zero attached hydrogens (tertiary/aromatic N) is 5. The molecule has 1 aromatic carbocycles. The maximum atomic E-state index is 6.52. The summed E-state index contributed by atoms with van der Waals surface area (Å²) in [5.74, 6) is 2.13. The number of fused-ring (bicyclic) bond motifs is 1. The Morgan fingerprint density at radius 3 is 2.93 bits per heavy atom. The fourth-order valence-electron chi connectivity index (χ4n) is 3.19. The number of ether oxygens (including phenoxy) is 1. The number of benzene rings is 1. The van der Waals surface area contributed by atoms with Gasteiger partial charge in [0.15, 0.2) is 5.82 Å². The van der Waals surface area contributed by atoms with Crippen LogP contribution in [0.5, 0.6) is 0 Å². The lowest BCUT2D eigenvalue weighted by atomic mass is 10.1. The van der Waals surface area contributed by atoms with Gasteiger partial charge in [-0.15, -0.1) is 0 Å². The van der Waals surface area contributed by atoms with Crippen LogP contribution in [-0.2, 0) is 11.3 Å². The van der Waals surface area contributed by atoms with Gasteiger partial charge in [0.05, 0.1) is 23.5 Å². The third-order valence-corrected chi connectivity index (χ3v) is 5.22. The van der Waals surface area contributed by atoms with Gasteiger partial charge in [-0.3, -0.25) is 5.10 Å². The second-order valence-corrected chi connectivity index (χ2v) is 7.50. The molecule has 0 fully saturated rings. The molecule has 0 saturated heterocycles. The van der Waals surface area contributed by atoms with Crippen molar-refractivity contribution in [1.29, 1.82) is 0 Å². The minimum Gasteiger partial charge on any atom is -0.384 e. The van der Waals surface area contributed by atoms with Crippen LogP contribution in [0.3, 0.4) is 0 Å². The number of nitrogens with one attached hydrogen (secondary N) is 3. The van der Waals surface area contributed by atoms with E-state index in [4.69, 9.17) is 16.3 Å². The standard InChI is InChI=1S/C20H23ClN8O/c1-12(10-30-3)15-8-17(28-27-15)25-16-6-7-22-20(26-16)29(2)9-13-4-5-14-19(18(13)21)24-11-23-14/h4-8,11-12H,9-10H2,1-3H3,(H,23,24)(H2,22,25,26,27,28)/t12-/m1/s1. The minimum absolute atomic E-state index is 0.224. The third-order valence-electron chi connectivity index (χ3n) is 4.80. The maximum absolute atomic E-state index is 6.52. The number of methoxy groups -OCH3 is 1. The van der Waals surface area contributed by atoms with Gasteiger partial charge in [0.2, 0.25) is 5.95 Å². The zero-order chi connectivity index (χ0) is 21.1. The van der Waals surface area contributed by atoms with Gasteiger partial charge >= 0.3 is 0 Å². The van der Waals surface area contributed by atoms with Crippen LogP contribution in [0.2, 0.25) is 5.02 Å². The zero-order valence-electron chi connectivity index (χ0n) is 17.0. The summed E-state index contributed by atoms with van der Waals surface area (Å²) < 4.78 is 5.19. The Morgan fingerprint density at radius 2 is 2.10 bits per heavy atom. The highest BCUT2D eigenvalue weighted by molar-refractivity contribution is 6.35. The summed E-state index contributed by atoms with van der Waals surface area (Å²) in [5.41, 5.74) is 3.61. The fourth-order valence-corrected chi connectivity index (χ4v) is 3.46. The van der Waals surface area contributed by atoms with E-state index in [0.29, 0.717) is 35.8 Å². The first-order valence-corrected chi connectivity index (χ1v) is 9.89.